The van der Waals surface area contributed by atoms with Gasteiger partial charge < -0.3 is 15.0 Å². The van der Waals surface area contributed by atoms with Crippen molar-refractivity contribution in [3.63, 3.8) is 0 Å². The van der Waals surface area contributed by atoms with Crippen molar-refractivity contribution in [3.8, 4) is 10.6 Å². The highest BCUT2D eigenvalue weighted by molar-refractivity contribution is 7.15. The van der Waals surface area contributed by atoms with E-state index in [0.717, 1.165) is 46.1 Å². The Hall–Kier alpha value is -3.30. The summed E-state index contributed by atoms with van der Waals surface area (Å²) in [6, 6.07) is 10.0. The number of nitrogens with one attached hydrogen (secondary N) is 1. The van der Waals surface area contributed by atoms with E-state index < -0.39 is 0 Å². The second-order valence-corrected chi connectivity index (χ2v) is 9.94. The quantitative estimate of drug-likeness (QED) is 0.449. The van der Waals surface area contributed by atoms with Gasteiger partial charge in [-0.15, -0.1) is 11.3 Å². The van der Waals surface area contributed by atoms with E-state index in [9.17, 15) is 4.79 Å². The molecule has 0 unspecified atom stereocenters. The van der Waals surface area contributed by atoms with Crippen molar-refractivity contribution in [1.29, 1.82) is 0 Å². The Bertz CT molecular complexity index is 1320. The molecule has 1 aliphatic heterocycles. The second-order valence-electron chi connectivity index (χ2n) is 8.65. The molecular formula is C25H28N6O2S. The number of aryl methyl sites for hydroxylation is 1. The Labute approximate surface area is 202 Å². The summed E-state index contributed by atoms with van der Waals surface area (Å²) in [7, 11) is 0. The van der Waals surface area contributed by atoms with Crippen LogP contribution in [0.15, 0.2) is 42.7 Å². The van der Waals surface area contributed by atoms with Crippen molar-refractivity contribution in [2.45, 2.75) is 33.4 Å². The lowest BCUT2D eigenvalue weighted by atomic mass is 10.1. The van der Waals surface area contributed by atoms with Crippen LogP contribution in [0, 0.1) is 6.92 Å². The van der Waals surface area contributed by atoms with Gasteiger partial charge in [-0.2, -0.15) is 5.10 Å². The Morgan fingerprint density at radius 2 is 2.06 bits per heavy atom. The van der Waals surface area contributed by atoms with Crippen LogP contribution in [0.1, 0.15) is 40.7 Å². The maximum absolute atomic E-state index is 13.5. The molecule has 1 fully saturated rings. The van der Waals surface area contributed by atoms with Gasteiger partial charge >= 0.3 is 0 Å². The topological polar surface area (TPSA) is 85.2 Å². The number of aromatic nitrogens is 4. The minimum absolute atomic E-state index is 0.132. The van der Waals surface area contributed by atoms with Crippen LogP contribution in [0.3, 0.4) is 0 Å². The van der Waals surface area contributed by atoms with Gasteiger partial charge in [0.1, 0.15) is 5.82 Å². The summed E-state index contributed by atoms with van der Waals surface area (Å²) in [6.45, 7) is 9.52. The van der Waals surface area contributed by atoms with E-state index >= 15 is 0 Å². The van der Waals surface area contributed by atoms with Crippen molar-refractivity contribution in [2.75, 3.05) is 31.2 Å². The summed E-state index contributed by atoms with van der Waals surface area (Å²) >= 11 is 1.67. The van der Waals surface area contributed by atoms with Crippen molar-refractivity contribution in [2.24, 2.45) is 0 Å². The molecule has 9 heteroatoms. The van der Waals surface area contributed by atoms with E-state index in [2.05, 4.69) is 53.2 Å². The molecule has 0 atom stereocenters. The molecule has 0 aromatic carbocycles. The van der Waals surface area contributed by atoms with E-state index in [-0.39, 0.29) is 11.9 Å². The fraction of sp³-hybridized carbons (Fsp3) is 0.360. The largest absolute Gasteiger partial charge is 0.378 e. The highest BCUT2D eigenvalue weighted by Crippen LogP contribution is 2.30. The summed E-state index contributed by atoms with van der Waals surface area (Å²) in [4.78, 5) is 27.4. The highest BCUT2D eigenvalue weighted by Gasteiger charge is 2.20. The third-order valence-electron chi connectivity index (χ3n) is 5.91. The van der Waals surface area contributed by atoms with Crippen LogP contribution >= 0.6 is 11.3 Å². The van der Waals surface area contributed by atoms with Crippen molar-refractivity contribution < 1.29 is 9.53 Å². The summed E-state index contributed by atoms with van der Waals surface area (Å²) in [5, 5.41) is 8.38. The van der Waals surface area contributed by atoms with Crippen LogP contribution in [0.2, 0.25) is 0 Å². The lowest BCUT2D eigenvalue weighted by Crippen LogP contribution is -2.37. The summed E-state index contributed by atoms with van der Waals surface area (Å²) in [5.41, 5.74) is 3.07. The van der Waals surface area contributed by atoms with Crippen LogP contribution in [0.4, 0.5) is 5.82 Å². The molecule has 0 radical (unpaired) electrons. The van der Waals surface area contributed by atoms with Crippen LogP contribution in [-0.2, 0) is 11.3 Å². The average Bonchev–Trinajstić information content (AvgIpc) is 3.49. The standard InChI is InChI=1S/C25H28N6O2S/c1-16(2)31-24-20(15-28-31)19(13-21(29-24)22-7-6-17(3)34-22)25(32)27-14-18-5-4-8-26-23(18)30-9-11-33-12-10-30/h4-8,13,15-16H,9-12,14H2,1-3H3,(H,27,32). The van der Waals surface area contributed by atoms with Crippen molar-refractivity contribution in [3.05, 3.63) is 58.7 Å². The normalized spacial score (nSPS) is 14.2. The third kappa shape index (κ3) is 4.41. The molecule has 0 bridgehead atoms. The zero-order chi connectivity index (χ0) is 23.7. The number of ether oxygens (including phenoxy) is 1. The fourth-order valence-corrected chi connectivity index (χ4v) is 5.01. The monoisotopic (exact) mass is 476 g/mol. The number of amides is 1. The smallest absolute Gasteiger partial charge is 0.252 e. The molecule has 1 aliphatic rings. The highest BCUT2D eigenvalue weighted by atomic mass is 32.1. The third-order valence-corrected chi connectivity index (χ3v) is 6.93. The van der Waals surface area contributed by atoms with Crippen molar-refractivity contribution >= 4 is 34.1 Å². The number of carbonyl (C=O) groups is 1. The van der Waals surface area contributed by atoms with Gasteiger partial charge in [-0.3, -0.25) is 4.79 Å². The first-order chi connectivity index (χ1) is 16.5. The predicted molar refractivity (Wildman–Crippen MR) is 134 cm³/mol. The van der Waals surface area contributed by atoms with Crippen molar-refractivity contribution in [1.82, 2.24) is 25.1 Å². The number of fused-ring (bicyclic) bond motifs is 1. The molecule has 0 saturated carbocycles. The molecule has 34 heavy (non-hydrogen) atoms. The van der Waals surface area contributed by atoms with Gasteiger partial charge in [0.2, 0.25) is 0 Å². The molecule has 176 valence electrons. The van der Waals surface area contributed by atoms with Crippen LogP contribution < -0.4 is 10.2 Å². The average molecular weight is 477 g/mol. The molecular weight excluding hydrogens is 448 g/mol. The molecule has 8 nitrogen and oxygen atoms in total. The zero-order valence-electron chi connectivity index (χ0n) is 19.6. The fourth-order valence-electron chi connectivity index (χ4n) is 4.18. The number of thiophene rings is 1. The molecule has 4 aromatic heterocycles. The van der Waals surface area contributed by atoms with Gasteiger partial charge in [0.05, 0.1) is 40.9 Å². The van der Waals surface area contributed by atoms with Gasteiger partial charge in [0.15, 0.2) is 5.65 Å². The first-order valence-corrected chi connectivity index (χ1v) is 12.3. The number of nitrogens with zero attached hydrogens (tertiary/aromatic N) is 5. The number of morpholine rings is 1. The van der Waals surface area contributed by atoms with Gasteiger partial charge in [-0.05, 0) is 45.0 Å². The maximum Gasteiger partial charge on any atom is 0.252 e. The summed E-state index contributed by atoms with van der Waals surface area (Å²) in [6.07, 6.45) is 3.53. The predicted octanol–water partition coefficient (Wildman–Crippen LogP) is 4.21. The number of carbonyl (C=O) groups excluding carboxylic acids is 1. The molecule has 1 N–H and O–H groups in total. The van der Waals surface area contributed by atoms with Crippen LogP contribution in [-0.4, -0.2) is 52.0 Å². The Morgan fingerprint density at radius 3 is 2.79 bits per heavy atom. The molecule has 0 spiro atoms. The minimum atomic E-state index is -0.151. The molecule has 5 rings (SSSR count). The molecule has 4 aromatic rings. The summed E-state index contributed by atoms with van der Waals surface area (Å²) in [5.74, 6) is 0.746. The minimum Gasteiger partial charge on any atom is -0.378 e. The molecule has 1 saturated heterocycles. The molecule has 0 aliphatic carbocycles. The number of hydrogen-bond donors (Lipinski definition) is 1. The zero-order valence-corrected chi connectivity index (χ0v) is 20.4. The Balaban J connectivity index is 1.47. The maximum atomic E-state index is 13.5. The van der Waals surface area contributed by atoms with Gasteiger partial charge in [-0.25, -0.2) is 14.6 Å². The number of anilines is 1. The van der Waals surface area contributed by atoms with E-state index in [1.54, 1.807) is 23.7 Å². The van der Waals surface area contributed by atoms with Crippen LogP contribution in [0.25, 0.3) is 21.6 Å². The summed E-state index contributed by atoms with van der Waals surface area (Å²) < 4.78 is 7.34. The SMILES string of the molecule is Cc1ccc(-c2cc(C(=O)NCc3cccnc3N3CCOCC3)c3cnn(C(C)C)c3n2)s1. The van der Waals surface area contributed by atoms with E-state index in [0.29, 0.717) is 25.3 Å². The van der Waals surface area contributed by atoms with Gasteiger partial charge in [-0.1, -0.05) is 6.07 Å². The second kappa shape index (κ2) is 9.52. The molecule has 1 amide bonds. The van der Waals surface area contributed by atoms with E-state index in [4.69, 9.17) is 9.72 Å². The Kier molecular flexibility index (Phi) is 6.30. The van der Waals surface area contributed by atoms with Gasteiger partial charge in [0.25, 0.3) is 5.91 Å². The lowest BCUT2D eigenvalue weighted by Gasteiger charge is -2.29. The van der Waals surface area contributed by atoms with Crippen LogP contribution in [0.5, 0.6) is 0 Å². The number of hydrogen-bond acceptors (Lipinski definition) is 7. The Morgan fingerprint density at radius 1 is 1.24 bits per heavy atom. The van der Waals surface area contributed by atoms with E-state index in [1.807, 2.05) is 22.9 Å². The first-order valence-electron chi connectivity index (χ1n) is 11.5. The number of rotatable bonds is 6. The lowest BCUT2D eigenvalue weighted by molar-refractivity contribution is 0.0952. The number of pyridine rings is 2. The van der Waals surface area contributed by atoms with Gasteiger partial charge in [0, 0.05) is 42.3 Å². The molecule has 5 heterocycles. The first kappa shape index (κ1) is 22.5. The van der Waals surface area contributed by atoms with E-state index in [1.165, 1.54) is 4.88 Å².